The van der Waals surface area contributed by atoms with Crippen molar-refractivity contribution in [2.75, 3.05) is 13.1 Å². The summed E-state index contributed by atoms with van der Waals surface area (Å²) in [5.74, 6) is 2.06. The summed E-state index contributed by atoms with van der Waals surface area (Å²) < 4.78 is 0. The first-order chi connectivity index (χ1) is 8.16. The van der Waals surface area contributed by atoms with Crippen LogP contribution in [0.5, 0.6) is 0 Å². The average Bonchev–Trinajstić information content (AvgIpc) is 2.35. The molecule has 3 heteroatoms. The third-order valence-corrected chi connectivity index (χ3v) is 4.61. The fourth-order valence-electron chi connectivity index (χ4n) is 3.07. The molecule has 3 unspecified atom stereocenters. The van der Waals surface area contributed by atoms with Gasteiger partial charge in [0, 0.05) is 12.6 Å². The van der Waals surface area contributed by atoms with Crippen molar-refractivity contribution in [3.05, 3.63) is 0 Å². The van der Waals surface area contributed by atoms with Crippen molar-refractivity contribution in [3.8, 4) is 0 Å². The van der Waals surface area contributed by atoms with Crippen LogP contribution in [-0.2, 0) is 4.79 Å². The molecule has 2 aliphatic rings. The highest BCUT2D eigenvalue weighted by Crippen LogP contribution is 2.29. The molecule has 98 valence electrons. The Bertz CT molecular complexity index is 261. The lowest BCUT2D eigenvalue weighted by molar-refractivity contribution is -0.126. The summed E-state index contributed by atoms with van der Waals surface area (Å²) in [5, 5.41) is 6.57. The fraction of sp³-hybridized carbons (Fsp3) is 0.929. The SMILES string of the molecule is CC1CCC(NC(=O)[C@H]2CCCNC2)CC1C. The van der Waals surface area contributed by atoms with Gasteiger partial charge >= 0.3 is 0 Å². The molecular formula is C14H26N2O. The zero-order valence-corrected chi connectivity index (χ0v) is 11.2. The maximum absolute atomic E-state index is 12.1. The number of carbonyl (C=O) groups excluding carboxylic acids is 1. The molecule has 1 heterocycles. The Morgan fingerprint density at radius 2 is 2.00 bits per heavy atom. The Kier molecular flexibility index (Phi) is 4.43. The number of rotatable bonds is 2. The third-order valence-electron chi connectivity index (χ3n) is 4.61. The molecule has 0 aromatic rings. The van der Waals surface area contributed by atoms with Crippen LogP contribution >= 0.6 is 0 Å². The van der Waals surface area contributed by atoms with Gasteiger partial charge in [-0.1, -0.05) is 13.8 Å². The predicted octanol–water partition coefficient (Wildman–Crippen LogP) is 1.93. The molecule has 4 atom stereocenters. The van der Waals surface area contributed by atoms with Crippen LogP contribution in [0.25, 0.3) is 0 Å². The second-order valence-electron chi connectivity index (χ2n) is 6.02. The van der Waals surface area contributed by atoms with Crippen LogP contribution in [0.1, 0.15) is 46.0 Å². The smallest absolute Gasteiger partial charge is 0.224 e. The van der Waals surface area contributed by atoms with Crippen LogP contribution in [-0.4, -0.2) is 25.0 Å². The van der Waals surface area contributed by atoms with Gasteiger partial charge in [-0.05, 0) is 50.5 Å². The number of hydrogen-bond donors (Lipinski definition) is 2. The van der Waals surface area contributed by atoms with E-state index in [0.717, 1.165) is 50.6 Å². The Balaban J connectivity index is 1.78. The van der Waals surface area contributed by atoms with E-state index < -0.39 is 0 Å². The van der Waals surface area contributed by atoms with Crippen LogP contribution in [0, 0.1) is 17.8 Å². The molecule has 1 saturated heterocycles. The van der Waals surface area contributed by atoms with Gasteiger partial charge in [0.15, 0.2) is 0 Å². The van der Waals surface area contributed by atoms with Crippen molar-refractivity contribution in [1.29, 1.82) is 0 Å². The Labute approximate surface area is 105 Å². The van der Waals surface area contributed by atoms with Gasteiger partial charge in [0.2, 0.25) is 5.91 Å². The molecule has 2 fully saturated rings. The van der Waals surface area contributed by atoms with Crippen LogP contribution < -0.4 is 10.6 Å². The van der Waals surface area contributed by atoms with Crippen LogP contribution in [0.3, 0.4) is 0 Å². The van der Waals surface area contributed by atoms with Crippen LogP contribution in [0.2, 0.25) is 0 Å². The van der Waals surface area contributed by atoms with E-state index in [1.165, 1.54) is 6.42 Å². The summed E-state index contributed by atoms with van der Waals surface area (Å²) in [7, 11) is 0. The summed E-state index contributed by atoms with van der Waals surface area (Å²) in [4.78, 5) is 12.1. The molecule has 3 nitrogen and oxygen atoms in total. The first-order valence-electron chi connectivity index (χ1n) is 7.18. The average molecular weight is 238 g/mol. The summed E-state index contributed by atoms with van der Waals surface area (Å²) in [6, 6.07) is 0.427. The molecular weight excluding hydrogens is 212 g/mol. The van der Waals surface area contributed by atoms with E-state index in [1.54, 1.807) is 0 Å². The van der Waals surface area contributed by atoms with Gasteiger partial charge in [-0.3, -0.25) is 4.79 Å². The summed E-state index contributed by atoms with van der Waals surface area (Å²) in [5.41, 5.74) is 0. The van der Waals surface area contributed by atoms with Crippen LogP contribution in [0.4, 0.5) is 0 Å². The van der Waals surface area contributed by atoms with Crippen molar-refractivity contribution in [2.45, 2.75) is 52.0 Å². The van der Waals surface area contributed by atoms with Crippen molar-refractivity contribution >= 4 is 5.91 Å². The van der Waals surface area contributed by atoms with Gasteiger partial charge in [0.25, 0.3) is 0 Å². The first-order valence-corrected chi connectivity index (χ1v) is 7.18. The third kappa shape index (κ3) is 3.44. The van der Waals surface area contributed by atoms with E-state index >= 15 is 0 Å². The van der Waals surface area contributed by atoms with E-state index in [9.17, 15) is 4.79 Å². The Morgan fingerprint density at radius 3 is 2.65 bits per heavy atom. The second kappa shape index (κ2) is 5.85. The van der Waals surface area contributed by atoms with Gasteiger partial charge in [-0.2, -0.15) is 0 Å². The minimum atomic E-state index is 0.207. The molecule has 1 saturated carbocycles. The summed E-state index contributed by atoms with van der Waals surface area (Å²) in [6.45, 7) is 6.57. The van der Waals surface area contributed by atoms with Crippen LogP contribution in [0.15, 0.2) is 0 Å². The molecule has 1 aliphatic carbocycles. The maximum Gasteiger partial charge on any atom is 0.224 e. The first kappa shape index (κ1) is 12.9. The summed E-state index contributed by atoms with van der Waals surface area (Å²) >= 11 is 0. The lowest BCUT2D eigenvalue weighted by Gasteiger charge is -2.33. The Morgan fingerprint density at radius 1 is 1.18 bits per heavy atom. The largest absolute Gasteiger partial charge is 0.353 e. The molecule has 17 heavy (non-hydrogen) atoms. The maximum atomic E-state index is 12.1. The summed E-state index contributed by atoms with van der Waals surface area (Å²) in [6.07, 6.45) is 5.77. The van der Waals surface area contributed by atoms with E-state index in [0.29, 0.717) is 6.04 Å². The second-order valence-corrected chi connectivity index (χ2v) is 6.02. The monoisotopic (exact) mass is 238 g/mol. The lowest BCUT2D eigenvalue weighted by Crippen LogP contribution is -2.46. The van der Waals surface area contributed by atoms with Gasteiger partial charge in [0.1, 0.15) is 0 Å². The highest BCUT2D eigenvalue weighted by atomic mass is 16.2. The zero-order valence-electron chi connectivity index (χ0n) is 11.2. The van der Waals surface area contributed by atoms with E-state index in [-0.39, 0.29) is 11.8 Å². The number of amides is 1. The topological polar surface area (TPSA) is 41.1 Å². The number of nitrogens with one attached hydrogen (secondary N) is 2. The molecule has 0 bridgehead atoms. The van der Waals surface area contributed by atoms with Gasteiger partial charge in [0.05, 0.1) is 5.92 Å². The van der Waals surface area contributed by atoms with E-state index in [2.05, 4.69) is 24.5 Å². The number of piperidine rings is 1. The predicted molar refractivity (Wildman–Crippen MR) is 69.7 cm³/mol. The molecule has 0 radical (unpaired) electrons. The van der Waals surface area contributed by atoms with Gasteiger partial charge in [-0.15, -0.1) is 0 Å². The minimum Gasteiger partial charge on any atom is -0.353 e. The van der Waals surface area contributed by atoms with E-state index in [4.69, 9.17) is 0 Å². The molecule has 0 aromatic heterocycles. The molecule has 1 aliphatic heterocycles. The normalized spacial score (nSPS) is 38.7. The number of hydrogen-bond acceptors (Lipinski definition) is 2. The molecule has 2 N–H and O–H groups in total. The number of carbonyl (C=O) groups is 1. The molecule has 0 aromatic carbocycles. The Hall–Kier alpha value is -0.570. The highest BCUT2D eigenvalue weighted by molar-refractivity contribution is 5.79. The van der Waals surface area contributed by atoms with Crippen molar-refractivity contribution in [1.82, 2.24) is 10.6 Å². The molecule has 1 amide bonds. The van der Waals surface area contributed by atoms with Gasteiger partial charge in [-0.25, -0.2) is 0 Å². The zero-order chi connectivity index (χ0) is 12.3. The van der Waals surface area contributed by atoms with Crippen molar-refractivity contribution in [2.24, 2.45) is 17.8 Å². The van der Waals surface area contributed by atoms with Gasteiger partial charge < -0.3 is 10.6 Å². The minimum absolute atomic E-state index is 0.207. The molecule has 2 rings (SSSR count). The quantitative estimate of drug-likeness (QED) is 0.772. The lowest BCUT2D eigenvalue weighted by atomic mass is 9.79. The van der Waals surface area contributed by atoms with Crippen molar-refractivity contribution < 1.29 is 4.79 Å². The van der Waals surface area contributed by atoms with E-state index in [1.807, 2.05) is 0 Å². The highest BCUT2D eigenvalue weighted by Gasteiger charge is 2.28. The standard InChI is InChI=1S/C14H26N2O/c1-10-5-6-13(8-11(10)2)16-14(17)12-4-3-7-15-9-12/h10-13,15H,3-9H2,1-2H3,(H,16,17)/t10?,11?,12-,13?/m0/s1. The van der Waals surface area contributed by atoms with Crippen molar-refractivity contribution in [3.63, 3.8) is 0 Å². The fourth-order valence-corrected chi connectivity index (χ4v) is 3.07. The molecule has 0 spiro atoms.